The van der Waals surface area contributed by atoms with Crippen LogP contribution in [-0.2, 0) is 27.1 Å². The molecule has 0 bridgehead atoms. The highest BCUT2D eigenvalue weighted by molar-refractivity contribution is 6.28. The molecule has 0 aliphatic heterocycles. The van der Waals surface area contributed by atoms with E-state index in [2.05, 4.69) is 163 Å². The lowest BCUT2D eigenvalue weighted by Crippen LogP contribution is -2.35. The quantitative estimate of drug-likeness (QED) is 0.179. The van der Waals surface area contributed by atoms with Crippen LogP contribution in [-0.4, -0.2) is 14.4 Å². The third-order valence-electron chi connectivity index (χ3n) is 14.4. The van der Waals surface area contributed by atoms with Crippen LogP contribution in [0.15, 0.2) is 103 Å². The van der Waals surface area contributed by atoms with Gasteiger partial charge in [0.15, 0.2) is 0 Å². The van der Waals surface area contributed by atoms with Gasteiger partial charge in [0.05, 0.1) is 45.7 Å². The molecule has 0 N–H and O–H groups in total. The summed E-state index contributed by atoms with van der Waals surface area (Å²) in [7, 11) is 0. The van der Waals surface area contributed by atoms with Crippen molar-refractivity contribution in [2.45, 2.75) is 108 Å². The molecule has 4 aromatic carbocycles. The van der Waals surface area contributed by atoms with Crippen LogP contribution >= 0.6 is 0 Å². The first-order valence-corrected chi connectivity index (χ1v) is 20.1. The van der Waals surface area contributed by atoms with Gasteiger partial charge in [-0.05, 0) is 87.1 Å². The van der Waals surface area contributed by atoms with Gasteiger partial charge in [-0.25, -0.2) is 0 Å². The van der Waals surface area contributed by atoms with Crippen molar-refractivity contribution in [3.63, 3.8) is 0 Å². The van der Waals surface area contributed by atoms with Gasteiger partial charge in [-0.15, -0.1) is 0 Å². The maximum Gasteiger partial charge on any atom is 0.0728 e. The second-order valence-corrected chi connectivity index (χ2v) is 19.5. The van der Waals surface area contributed by atoms with Gasteiger partial charge in [0, 0.05) is 32.4 Å². The Balaban J connectivity index is 1.47. The van der Waals surface area contributed by atoms with Gasteiger partial charge in [0.2, 0.25) is 0 Å². The minimum absolute atomic E-state index is 0.00641. The third-order valence-corrected chi connectivity index (χ3v) is 14.4. The standard InChI is InChI=1S/C51H49N3/c1-47(2)23-25-49(5,6)45-42(47)38-34-27-33-32-21-15-16-22-35(32)51(30-17-11-9-12-18-30,31-19-13-10-14-20-31)41(33)40-39-37(54(44(34)40)36(38)28-52-45)29-53-46-43(39)48(3,4)24-26-50(46,7)8/h9-22,27-29H,23-26H2,1-8H3. The Hall–Kier alpha value is -5.02. The highest BCUT2D eigenvalue weighted by atomic mass is 15.0. The zero-order chi connectivity index (χ0) is 37.2. The summed E-state index contributed by atoms with van der Waals surface area (Å²) in [6, 6.07) is 34.5. The molecule has 4 aromatic heterocycles. The second kappa shape index (κ2) is 10.2. The summed E-state index contributed by atoms with van der Waals surface area (Å²) in [6.07, 6.45) is 8.97. The van der Waals surface area contributed by atoms with Gasteiger partial charge in [0.1, 0.15) is 0 Å². The van der Waals surface area contributed by atoms with Crippen molar-refractivity contribution in [1.29, 1.82) is 0 Å². The monoisotopic (exact) mass is 703 g/mol. The number of benzene rings is 4. The smallest absolute Gasteiger partial charge is 0.0728 e. The predicted molar refractivity (Wildman–Crippen MR) is 225 cm³/mol. The van der Waals surface area contributed by atoms with Gasteiger partial charge in [-0.2, -0.15) is 0 Å². The zero-order valence-corrected chi connectivity index (χ0v) is 33.0. The second-order valence-electron chi connectivity index (χ2n) is 19.5. The van der Waals surface area contributed by atoms with Crippen LogP contribution in [0.5, 0.6) is 0 Å². The molecule has 3 heteroatoms. The first kappa shape index (κ1) is 32.4. The third kappa shape index (κ3) is 3.79. The Bertz CT molecular complexity index is 2830. The number of hydrogen-bond acceptors (Lipinski definition) is 2. The van der Waals surface area contributed by atoms with E-state index >= 15 is 0 Å². The molecule has 0 amide bonds. The molecule has 0 unspecified atom stereocenters. The number of rotatable bonds is 2. The molecular formula is C51H49N3. The summed E-state index contributed by atoms with van der Waals surface area (Å²) >= 11 is 0. The molecule has 3 aliphatic carbocycles. The highest BCUT2D eigenvalue weighted by Gasteiger charge is 2.50. The van der Waals surface area contributed by atoms with Crippen LogP contribution in [0.25, 0.3) is 49.2 Å². The molecule has 0 saturated heterocycles. The van der Waals surface area contributed by atoms with Crippen molar-refractivity contribution < 1.29 is 0 Å². The molecule has 268 valence electrons. The van der Waals surface area contributed by atoms with Gasteiger partial charge in [-0.1, -0.05) is 140 Å². The fourth-order valence-corrected chi connectivity index (χ4v) is 11.6. The van der Waals surface area contributed by atoms with Crippen LogP contribution in [0.3, 0.4) is 0 Å². The zero-order valence-electron chi connectivity index (χ0n) is 33.0. The topological polar surface area (TPSA) is 30.2 Å². The number of hydrogen-bond donors (Lipinski definition) is 0. The lowest BCUT2D eigenvalue weighted by Gasteiger charge is -2.41. The summed E-state index contributed by atoms with van der Waals surface area (Å²) in [5, 5.41) is 5.52. The fraction of sp³-hybridized carbons (Fsp3) is 0.333. The van der Waals surface area contributed by atoms with Crippen LogP contribution < -0.4 is 0 Å². The van der Waals surface area contributed by atoms with Gasteiger partial charge in [-0.3, -0.25) is 9.97 Å². The van der Waals surface area contributed by atoms with E-state index in [0.717, 1.165) is 25.7 Å². The normalized spacial score (nSPS) is 19.9. The Kier molecular flexibility index (Phi) is 6.11. The van der Waals surface area contributed by atoms with E-state index in [9.17, 15) is 0 Å². The number of nitrogens with zero attached hydrogens (tertiary/aromatic N) is 3. The largest absolute Gasteiger partial charge is 0.305 e. The summed E-state index contributed by atoms with van der Waals surface area (Å²) in [6.45, 7) is 19.4. The Morgan fingerprint density at radius 1 is 0.481 bits per heavy atom. The molecule has 0 spiro atoms. The predicted octanol–water partition coefficient (Wildman–Crippen LogP) is 12.7. The first-order valence-electron chi connectivity index (χ1n) is 20.1. The molecule has 8 aromatic rings. The average molecular weight is 704 g/mol. The highest BCUT2D eigenvalue weighted by Crippen LogP contribution is 2.62. The van der Waals surface area contributed by atoms with Crippen LogP contribution in [0.2, 0.25) is 0 Å². The molecule has 4 heterocycles. The maximum atomic E-state index is 5.48. The van der Waals surface area contributed by atoms with Crippen LogP contribution in [0.4, 0.5) is 0 Å². The van der Waals surface area contributed by atoms with Crippen LogP contribution in [0.1, 0.15) is 126 Å². The van der Waals surface area contributed by atoms with Gasteiger partial charge in [0.25, 0.3) is 0 Å². The molecule has 0 radical (unpaired) electrons. The lowest BCUT2D eigenvalue weighted by molar-refractivity contribution is 0.326. The van der Waals surface area contributed by atoms with Crippen molar-refractivity contribution in [3.05, 3.63) is 148 Å². The van der Waals surface area contributed by atoms with E-state index in [1.54, 1.807) is 0 Å². The Morgan fingerprint density at radius 2 is 0.963 bits per heavy atom. The van der Waals surface area contributed by atoms with Crippen molar-refractivity contribution in [1.82, 2.24) is 14.4 Å². The SMILES string of the molecule is CC1(C)CCC(C)(C)c2c1ncc1c2c2cc3c(c4c5c6c(ncc5n1c24)C(C)(C)CCC6(C)C)C(c1ccccc1)(c1ccccc1)c1ccccc1-3. The molecule has 3 nitrogen and oxygen atoms in total. The van der Waals surface area contributed by atoms with Gasteiger partial charge < -0.3 is 4.40 Å². The van der Waals surface area contributed by atoms with Gasteiger partial charge >= 0.3 is 0 Å². The van der Waals surface area contributed by atoms with Crippen molar-refractivity contribution in [2.24, 2.45) is 0 Å². The summed E-state index contributed by atoms with van der Waals surface area (Å²) in [5.41, 5.74) is 16.6. The minimum Gasteiger partial charge on any atom is -0.305 e. The molecule has 0 fully saturated rings. The average Bonchev–Trinajstić information content (AvgIpc) is 3.79. The van der Waals surface area contributed by atoms with E-state index in [4.69, 9.17) is 9.97 Å². The molecule has 0 atom stereocenters. The van der Waals surface area contributed by atoms with E-state index in [0.29, 0.717) is 0 Å². The van der Waals surface area contributed by atoms with E-state index < -0.39 is 5.41 Å². The molecule has 0 saturated carbocycles. The van der Waals surface area contributed by atoms with Crippen molar-refractivity contribution >= 4 is 38.1 Å². The van der Waals surface area contributed by atoms with E-state index in [1.165, 1.54) is 94.0 Å². The first-order chi connectivity index (χ1) is 25.8. The van der Waals surface area contributed by atoms with Crippen LogP contribution in [0, 0.1) is 0 Å². The summed E-state index contributed by atoms with van der Waals surface area (Å²) < 4.78 is 2.59. The summed E-state index contributed by atoms with van der Waals surface area (Å²) in [5.74, 6) is 0. The Labute approximate surface area is 318 Å². The number of pyridine rings is 2. The molecule has 3 aliphatic rings. The molecule has 54 heavy (non-hydrogen) atoms. The lowest BCUT2D eigenvalue weighted by atomic mass is 9.63. The summed E-state index contributed by atoms with van der Waals surface area (Å²) in [4.78, 5) is 10.9. The molecular weight excluding hydrogens is 655 g/mol. The maximum absolute atomic E-state index is 5.48. The number of aromatic nitrogens is 3. The van der Waals surface area contributed by atoms with E-state index in [1.807, 2.05) is 0 Å². The Morgan fingerprint density at radius 3 is 1.54 bits per heavy atom. The van der Waals surface area contributed by atoms with Crippen molar-refractivity contribution in [3.8, 4) is 11.1 Å². The van der Waals surface area contributed by atoms with Crippen molar-refractivity contribution in [2.75, 3.05) is 0 Å². The molecule has 11 rings (SSSR count). The fourth-order valence-electron chi connectivity index (χ4n) is 11.6. The van der Waals surface area contributed by atoms with E-state index in [-0.39, 0.29) is 21.7 Å². The number of fused-ring (bicyclic) bond motifs is 14. The minimum atomic E-state index is -0.524.